The molecule has 1 aromatic rings. The van der Waals surface area contributed by atoms with Crippen molar-refractivity contribution < 1.29 is 33.0 Å². The van der Waals surface area contributed by atoms with Gasteiger partial charge in [0.2, 0.25) is 6.43 Å². The van der Waals surface area contributed by atoms with Crippen LogP contribution in [-0.2, 0) is 9.53 Å². The lowest BCUT2D eigenvalue weighted by Gasteiger charge is -2.14. The van der Waals surface area contributed by atoms with Crippen molar-refractivity contribution in [1.82, 2.24) is 5.32 Å². The minimum atomic E-state index is -2.83. The summed E-state index contributed by atoms with van der Waals surface area (Å²) < 4.78 is 34.7. The Hall–Kier alpha value is -2.22. The summed E-state index contributed by atoms with van der Waals surface area (Å²) in [6.07, 6.45) is -3.78. The van der Waals surface area contributed by atoms with E-state index in [-0.39, 0.29) is 12.2 Å². The zero-order valence-electron chi connectivity index (χ0n) is 11.9. The van der Waals surface area contributed by atoms with Crippen LogP contribution >= 0.6 is 0 Å². The van der Waals surface area contributed by atoms with Gasteiger partial charge < -0.3 is 19.9 Å². The molecule has 22 heavy (non-hydrogen) atoms. The molecule has 1 atom stereocenters. The molecule has 1 amide bonds. The molecule has 0 aliphatic heterocycles. The highest BCUT2D eigenvalue weighted by Crippen LogP contribution is 2.14. The zero-order valence-corrected chi connectivity index (χ0v) is 11.9. The van der Waals surface area contributed by atoms with Crippen LogP contribution in [0, 0.1) is 0 Å². The Balaban J connectivity index is 2.71. The molecule has 6 nitrogen and oxygen atoms in total. The highest BCUT2D eigenvalue weighted by molar-refractivity contribution is 5.96. The van der Waals surface area contributed by atoms with E-state index in [0.29, 0.717) is 12.4 Å². The minimum absolute atomic E-state index is 0.121. The van der Waals surface area contributed by atoms with Crippen LogP contribution in [0.2, 0.25) is 0 Å². The lowest BCUT2D eigenvalue weighted by molar-refractivity contribution is -0.140. The second-order valence-electron chi connectivity index (χ2n) is 4.36. The molecule has 0 aliphatic rings. The molecule has 0 bridgehead atoms. The number of aliphatic carboxylic acids is 1. The van der Waals surface area contributed by atoms with Crippen molar-refractivity contribution in [3.05, 3.63) is 29.8 Å². The highest BCUT2D eigenvalue weighted by atomic mass is 19.3. The Morgan fingerprint density at radius 2 is 2.05 bits per heavy atom. The van der Waals surface area contributed by atoms with Crippen molar-refractivity contribution in [3.63, 3.8) is 0 Å². The van der Waals surface area contributed by atoms with Gasteiger partial charge in [-0.2, -0.15) is 0 Å². The Bertz CT molecular complexity index is 510. The van der Waals surface area contributed by atoms with Crippen molar-refractivity contribution >= 4 is 11.9 Å². The van der Waals surface area contributed by atoms with Gasteiger partial charge in [0, 0.05) is 19.1 Å². The van der Waals surface area contributed by atoms with Gasteiger partial charge in [-0.3, -0.25) is 4.79 Å². The number of carboxylic acids is 1. The van der Waals surface area contributed by atoms with Crippen LogP contribution in [0.3, 0.4) is 0 Å². The van der Waals surface area contributed by atoms with Crippen LogP contribution in [-0.4, -0.2) is 49.8 Å². The first-order valence-corrected chi connectivity index (χ1v) is 6.47. The van der Waals surface area contributed by atoms with Gasteiger partial charge in [-0.15, -0.1) is 0 Å². The fourth-order valence-electron chi connectivity index (χ4n) is 1.61. The normalized spacial score (nSPS) is 12.0. The van der Waals surface area contributed by atoms with Crippen LogP contribution in [0.1, 0.15) is 16.8 Å². The number of halogens is 2. The van der Waals surface area contributed by atoms with Gasteiger partial charge in [-0.05, 0) is 18.2 Å². The first-order chi connectivity index (χ1) is 10.4. The molecule has 0 spiro atoms. The lowest BCUT2D eigenvalue weighted by Crippen LogP contribution is -2.42. The Labute approximate surface area is 126 Å². The Morgan fingerprint density at radius 1 is 1.32 bits per heavy atom. The number of amides is 1. The monoisotopic (exact) mass is 317 g/mol. The third kappa shape index (κ3) is 6.04. The second kappa shape index (κ2) is 8.93. The summed E-state index contributed by atoms with van der Waals surface area (Å²) in [4.78, 5) is 22.8. The summed E-state index contributed by atoms with van der Waals surface area (Å²) in [7, 11) is 1.52. The topological polar surface area (TPSA) is 84.9 Å². The average molecular weight is 317 g/mol. The maximum atomic E-state index is 12.3. The lowest BCUT2D eigenvalue weighted by atomic mass is 10.1. The Kier molecular flexibility index (Phi) is 7.24. The number of carboxylic acid groups (broad SMARTS) is 1. The molecular weight excluding hydrogens is 300 g/mol. The Morgan fingerprint density at radius 3 is 2.64 bits per heavy atom. The van der Waals surface area contributed by atoms with Gasteiger partial charge in [0.05, 0.1) is 6.61 Å². The number of ether oxygens (including phenoxy) is 2. The maximum Gasteiger partial charge on any atom is 0.326 e. The molecule has 1 rings (SSSR count). The number of benzene rings is 1. The molecule has 1 unspecified atom stereocenters. The fourth-order valence-corrected chi connectivity index (χ4v) is 1.61. The van der Waals surface area contributed by atoms with Crippen LogP contribution < -0.4 is 10.1 Å². The predicted molar refractivity (Wildman–Crippen MR) is 73.3 cm³/mol. The summed E-state index contributed by atoms with van der Waals surface area (Å²) in [6.45, 7) is 0.649. The van der Waals surface area contributed by atoms with Gasteiger partial charge in [-0.25, -0.2) is 13.6 Å². The van der Waals surface area contributed by atoms with E-state index in [9.17, 15) is 18.4 Å². The minimum Gasteiger partial charge on any atom is -0.491 e. The van der Waals surface area contributed by atoms with Crippen molar-refractivity contribution in [3.8, 4) is 5.75 Å². The third-order valence-electron chi connectivity index (χ3n) is 2.67. The summed E-state index contributed by atoms with van der Waals surface area (Å²) in [6, 6.07) is 4.33. The molecule has 0 aromatic heterocycles. The molecule has 8 heteroatoms. The van der Waals surface area contributed by atoms with Gasteiger partial charge in [0.25, 0.3) is 5.91 Å². The van der Waals surface area contributed by atoms with E-state index in [0.717, 1.165) is 0 Å². The van der Waals surface area contributed by atoms with Crippen LogP contribution in [0.5, 0.6) is 5.75 Å². The van der Waals surface area contributed by atoms with E-state index in [4.69, 9.17) is 14.6 Å². The van der Waals surface area contributed by atoms with Gasteiger partial charge in [-0.1, -0.05) is 6.07 Å². The number of alkyl halides is 2. The highest BCUT2D eigenvalue weighted by Gasteiger charge is 2.24. The van der Waals surface area contributed by atoms with Crippen LogP contribution in [0.4, 0.5) is 8.78 Å². The molecule has 2 N–H and O–H groups in total. The van der Waals surface area contributed by atoms with Gasteiger partial charge in [0.15, 0.2) is 0 Å². The number of rotatable bonds is 9. The third-order valence-corrected chi connectivity index (χ3v) is 2.67. The van der Waals surface area contributed by atoms with E-state index >= 15 is 0 Å². The molecule has 0 saturated carbocycles. The van der Waals surface area contributed by atoms with E-state index in [1.807, 2.05) is 0 Å². The molecule has 0 saturated heterocycles. The van der Waals surface area contributed by atoms with Gasteiger partial charge >= 0.3 is 5.97 Å². The van der Waals surface area contributed by atoms with Crippen molar-refractivity contribution in [2.75, 3.05) is 20.3 Å². The number of carbonyl (C=O) groups excluding carboxylic acids is 1. The molecule has 0 fully saturated rings. The van der Waals surface area contributed by atoms with E-state index in [1.165, 1.54) is 19.2 Å². The van der Waals surface area contributed by atoms with Crippen LogP contribution in [0.15, 0.2) is 24.3 Å². The summed E-state index contributed by atoms with van der Waals surface area (Å²) in [5.74, 6) is -1.88. The molecule has 1 aromatic carbocycles. The molecule has 0 radical (unpaired) electrons. The molecule has 0 aliphatic carbocycles. The maximum absolute atomic E-state index is 12.3. The standard InChI is InChI=1S/C14H17F2NO5/c1-21-5-6-22-10-4-2-3-9(7-10)13(18)17-11(14(19)20)8-12(15)16/h2-4,7,11-12H,5-6,8H2,1H3,(H,17,18)(H,19,20). The van der Waals surface area contributed by atoms with E-state index in [2.05, 4.69) is 5.32 Å². The van der Waals surface area contributed by atoms with E-state index < -0.39 is 30.8 Å². The molecular formula is C14H17F2NO5. The van der Waals surface area contributed by atoms with Crippen LogP contribution in [0.25, 0.3) is 0 Å². The number of methoxy groups -OCH3 is 1. The number of hydrogen-bond acceptors (Lipinski definition) is 4. The van der Waals surface area contributed by atoms with Gasteiger partial charge in [0.1, 0.15) is 18.4 Å². The smallest absolute Gasteiger partial charge is 0.326 e. The predicted octanol–water partition coefficient (Wildman–Crippen LogP) is 1.55. The second-order valence-corrected chi connectivity index (χ2v) is 4.36. The SMILES string of the molecule is COCCOc1cccc(C(=O)NC(CC(F)F)C(=O)O)c1. The van der Waals surface area contributed by atoms with Crippen molar-refractivity contribution in [1.29, 1.82) is 0 Å². The largest absolute Gasteiger partial charge is 0.491 e. The van der Waals surface area contributed by atoms with E-state index in [1.54, 1.807) is 12.1 Å². The molecule has 122 valence electrons. The fraction of sp³-hybridized carbons (Fsp3) is 0.429. The average Bonchev–Trinajstić information content (AvgIpc) is 2.46. The summed E-state index contributed by atoms with van der Waals surface area (Å²) >= 11 is 0. The number of carbonyl (C=O) groups is 2. The number of hydrogen-bond donors (Lipinski definition) is 2. The first-order valence-electron chi connectivity index (χ1n) is 6.47. The van der Waals surface area contributed by atoms with Crippen molar-refractivity contribution in [2.45, 2.75) is 18.9 Å². The summed E-state index contributed by atoms with van der Waals surface area (Å²) in [5, 5.41) is 10.9. The molecule has 0 heterocycles. The quantitative estimate of drug-likeness (QED) is 0.675. The summed E-state index contributed by atoms with van der Waals surface area (Å²) in [5.41, 5.74) is 0.121. The number of nitrogens with one attached hydrogen (secondary N) is 1. The zero-order chi connectivity index (χ0) is 16.5. The first kappa shape index (κ1) is 17.8. The van der Waals surface area contributed by atoms with Crippen molar-refractivity contribution in [2.24, 2.45) is 0 Å².